The van der Waals surface area contributed by atoms with Crippen LogP contribution in [0.2, 0.25) is 0 Å². The van der Waals surface area contributed by atoms with Crippen LogP contribution in [0.15, 0.2) is 11.2 Å². The van der Waals surface area contributed by atoms with Gasteiger partial charge in [-0.15, -0.1) is 0 Å². The van der Waals surface area contributed by atoms with E-state index >= 15 is 0 Å². The van der Waals surface area contributed by atoms with Crippen LogP contribution in [0.5, 0.6) is 0 Å². The molecular weight excluding hydrogens is 417 g/mol. The molecule has 3 heterocycles. The first-order valence-corrected chi connectivity index (χ1v) is 10.7. The topological polar surface area (TPSA) is 89.5 Å². The summed E-state index contributed by atoms with van der Waals surface area (Å²) in [6.45, 7) is -0.533. The van der Waals surface area contributed by atoms with Gasteiger partial charge in [-0.25, -0.2) is 13.6 Å². The summed E-state index contributed by atoms with van der Waals surface area (Å²) in [5, 5.41) is 13.3. The van der Waals surface area contributed by atoms with Crippen LogP contribution in [0.25, 0.3) is 0 Å². The number of alkyl halides is 2. The first-order valence-electron chi connectivity index (χ1n) is 7.76. The zero-order valence-electron chi connectivity index (χ0n) is 13.8. The molecule has 5 atom stereocenters. The minimum Gasteiger partial charge on any atom is -0.386 e. The Morgan fingerprint density at radius 1 is 1.58 bits per heavy atom. The average molecular weight is 435 g/mol. The Morgan fingerprint density at radius 3 is 2.88 bits per heavy atom. The highest BCUT2D eigenvalue weighted by molar-refractivity contribution is 8.07. The Labute approximate surface area is 158 Å². The second-order valence-electron chi connectivity index (χ2n) is 6.30. The van der Waals surface area contributed by atoms with Crippen LogP contribution in [0.1, 0.15) is 13.8 Å². The molecule has 0 aliphatic carbocycles. The highest BCUT2D eigenvalue weighted by Gasteiger charge is 2.67. The van der Waals surface area contributed by atoms with Crippen molar-refractivity contribution in [2.45, 2.75) is 50.4 Å². The third-order valence-electron chi connectivity index (χ3n) is 4.02. The summed E-state index contributed by atoms with van der Waals surface area (Å²) in [6, 6.07) is -0.653. The van der Waals surface area contributed by atoms with Crippen molar-refractivity contribution in [3.8, 4) is 0 Å². The Bertz CT molecular complexity index is 671. The highest BCUT2D eigenvalue weighted by atomic mass is 35.5. The summed E-state index contributed by atoms with van der Waals surface area (Å²) in [4.78, 5) is 13.0. The largest absolute Gasteiger partial charge is 0.386 e. The summed E-state index contributed by atoms with van der Waals surface area (Å²) in [5.74, 6) is 0. The zero-order valence-corrected chi connectivity index (χ0v) is 16.3. The van der Waals surface area contributed by atoms with Crippen molar-refractivity contribution in [2.24, 2.45) is 0 Å². The van der Waals surface area contributed by atoms with Gasteiger partial charge in [0.15, 0.2) is 11.8 Å². The Morgan fingerprint density at radius 2 is 2.27 bits per heavy atom. The lowest BCUT2D eigenvalue weighted by molar-refractivity contribution is -0.205. The SMILES string of the molecule is CC(C)OP1(=S)OCC2(C(F)F)OC(N3C=C(Cl)CNC3=O)C(O)C2O1. The number of fused-ring (bicyclic) bond motifs is 1. The second-order valence-corrected chi connectivity index (χ2v) is 9.70. The highest BCUT2D eigenvalue weighted by Crippen LogP contribution is 2.60. The number of aliphatic hydroxyl groups is 1. The number of nitrogens with zero attached hydrogens (tertiary/aromatic N) is 1. The van der Waals surface area contributed by atoms with E-state index in [9.17, 15) is 18.7 Å². The maximum atomic E-state index is 13.8. The lowest BCUT2D eigenvalue weighted by atomic mass is 9.96. The predicted molar refractivity (Wildman–Crippen MR) is 90.1 cm³/mol. The number of nitrogens with one attached hydrogen (secondary N) is 1. The monoisotopic (exact) mass is 434 g/mol. The Kier molecular flexibility index (Phi) is 5.64. The van der Waals surface area contributed by atoms with Crippen molar-refractivity contribution in [1.29, 1.82) is 0 Å². The smallest absolute Gasteiger partial charge is 0.328 e. The quantitative estimate of drug-likeness (QED) is 0.653. The molecule has 0 aromatic heterocycles. The van der Waals surface area contributed by atoms with E-state index < -0.39 is 49.8 Å². The Hall–Kier alpha value is -0.390. The molecule has 26 heavy (non-hydrogen) atoms. The number of ether oxygens (including phenoxy) is 1. The van der Waals surface area contributed by atoms with Crippen molar-refractivity contribution < 1.29 is 37.0 Å². The molecule has 0 radical (unpaired) electrons. The molecule has 0 saturated carbocycles. The van der Waals surface area contributed by atoms with Crippen LogP contribution in [0, 0.1) is 0 Å². The number of hydrogen-bond donors (Lipinski definition) is 2. The molecule has 5 unspecified atom stereocenters. The van der Waals surface area contributed by atoms with E-state index in [1.165, 1.54) is 6.20 Å². The molecule has 0 bridgehead atoms. The lowest BCUT2D eigenvalue weighted by Crippen LogP contribution is -2.56. The van der Waals surface area contributed by atoms with Gasteiger partial charge in [0.05, 0.1) is 24.3 Å². The number of carbonyl (C=O) groups excluding carboxylic acids is 1. The molecular formula is C13H18ClF2N2O6PS. The minimum absolute atomic E-state index is 0.0891. The number of hydrogen-bond acceptors (Lipinski definition) is 7. The summed E-state index contributed by atoms with van der Waals surface area (Å²) >= 11 is 11.1. The van der Waals surface area contributed by atoms with E-state index in [4.69, 9.17) is 41.7 Å². The molecule has 2 saturated heterocycles. The molecule has 2 N–H and O–H groups in total. The molecule has 0 aromatic rings. The molecule has 3 rings (SSSR count). The van der Waals surface area contributed by atoms with Gasteiger partial charge in [-0.2, -0.15) is 0 Å². The van der Waals surface area contributed by atoms with Gasteiger partial charge >= 0.3 is 12.7 Å². The van der Waals surface area contributed by atoms with Gasteiger partial charge in [-0.3, -0.25) is 9.42 Å². The molecule has 0 aromatic carbocycles. The van der Waals surface area contributed by atoms with Gasteiger partial charge in [0.2, 0.25) is 0 Å². The van der Waals surface area contributed by atoms with Crippen LogP contribution in [0.3, 0.4) is 0 Å². The summed E-state index contributed by atoms with van der Waals surface area (Å²) in [7, 11) is 0. The van der Waals surface area contributed by atoms with Crippen molar-refractivity contribution in [2.75, 3.05) is 13.2 Å². The second kappa shape index (κ2) is 7.21. The number of rotatable bonds is 4. The van der Waals surface area contributed by atoms with Crippen LogP contribution < -0.4 is 5.32 Å². The van der Waals surface area contributed by atoms with Crippen LogP contribution in [-0.2, 0) is 30.1 Å². The van der Waals surface area contributed by atoms with Crippen LogP contribution in [0.4, 0.5) is 13.6 Å². The molecule has 148 valence electrons. The maximum Gasteiger partial charge on any atom is 0.328 e. The minimum atomic E-state index is -3.35. The molecule has 3 aliphatic rings. The number of halogens is 3. The molecule has 3 aliphatic heterocycles. The van der Waals surface area contributed by atoms with Gasteiger partial charge in [0.25, 0.3) is 6.43 Å². The van der Waals surface area contributed by atoms with E-state index in [1.807, 2.05) is 0 Å². The average Bonchev–Trinajstić information content (AvgIpc) is 2.83. The van der Waals surface area contributed by atoms with Crippen LogP contribution >= 0.6 is 18.3 Å². The molecule has 2 amide bonds. The standard InChI is InChI=1S/C13H18ClF2N2O6PS/c1-6(2)23-25(26)21-5-13(11(15)16)9(24-25)8(19)10(22-13)18-4-7(14)3-17-12(18)20/h4,6,8-11,19H,3,5H2,1-2H3,(H,17,20). The molecule has 13 heteroatoms. The summed E-state index contributed by atoms with van der Waals surface area (Å²) in [5.41, 5.74) is -2.29. The lowest BCUT2D eigenvalue weighted by Gasteiger charge is -2.41. The third-order valence-corrected chi connectivity index (χ3v) is 6.69. The number of aliphatic hydroxyl groups excluding tert-OH is 1. The first kappa shape index (κ1) is 20.3. The number of urea groups is 1. The fourth-order valence-corrected chi connectivity index (χ4v) is 5.64. The fraction of sp³-hybridized carbons (Fsp3) is 0.769. The summed E-state index contributed by atoms with van der Waals surface area (Å²) in [6.07, 6.45) is -6.82. The fourth-order valence-electron chi connectivity index (χ4n) is 2.89. The van der Waals surface area contributed by atoms with Crippen LogP contribution in [-0.4, -0.2) is 65.8 Å². The van der Waals surface area contributed by atoms with Crippen molar-refractivity contribution in [1.82, 2.24) is 10.2 Å². The van der Waals surface area contributed by atoms with Crippen molar-refractivity contribution in [3.05, 3.63) is 11.2 Å². The van der Waals surface area contributed by atoms with E-state index in [0.717, 1.165) is 4.90 Å². The van der Waals surface area contributed by atoms with E-state index in [-0.39, 0.29) is 17.7 Å². The van der Waals surface area contributed by atoms with Crippen molar-refractivity contribution in [3.63, 3.8) is 0 Å². The van der Waals surface area contributed by atoms with E-state index in [0.29, 0.717) is 0 Å². The number of amides is 2. The van der Waals surface area contributed by atoms with Gasteiger partial charge in [0.1, 0.15) is 12.2 Å². The first-order chi connectivity index (χ1) is 12.1. The van der Waals surface area contributed by atoms with Gasteiger partial charge in [0, 0.05) is 6.20 Å². The van der Waals surface area contributed by atoms with Gasteiger partial charge in [-0.05, 0) is 25.7 Å². The maximum absolute atomic E-state index is 13.8. The van der Waals surface area contributed by atoms with Gasteiger partial charge < -0.3 is 24.2 Å². The number of carbonyl (C=O) groups is 1. The van der Waals surface area contributed by atoms with Gasteiger partial charge in [-0.1, -0.05) is 11.6 Å². The predicted octanol–water partition coefficient (Wildman–Crippen LogP) is 1.88. The zero-order chi connectivity index (χ0) is 19.3. The van der Waals surface area contributed by atoms with E-state index in [1.54, 1.807) is 13.8 Å². The normalized spacial score (nSPS) is 40.6. The summed E-state index contributed by atoms with van der Waals surface area (Å²) < 4.78 is 49.3. The van der Waals surface area contributed by atoms with Crippen molar-refractivity contribution >= 4 is 36.2 Å². The molecule has 8 nitrogen and oxygen atoms in total. The third kappa shape index (κ3) is 3.51. The molecule has 0 spiro atoms. The van der Waals surface area contributed by atoms with E-state index in [2.05, 4.69) is 5.32 Å². The molecule has 2 fully saturated rings. The Balaban J connectivity index is 1.91.